The summed E-state index contributed by atoms with van der Waals surface area (Å²) in [5.74, 6) is -4.69. The number of carboxylic acids is 2. The summed E-state index contributed by atoms with van der Waals surface area (Å²) < 4.78 is 75.7. The van der Waals surface area contributed by atoms with Gasteiger partial charge in [0.05, 0.1) is 24.1 Å². The normalized spacial score (nSPS) is 21.5. The van der Waals surface area contributed by atoms with E-state index in [1.165, 1.54) is 0 Å². The molecule has 2 aliphatic rings. The summed E-state index contributed by atoms with van der Waals surface area (Å²) in [7, 11) is 0. The van der Waals surface area contributed by atoms with E-state index in [2.05, 4.69) is 20.9 Å². The Hall–Kier alpha value is -3.46. The Labute approximate surface area is 213 Å². The molecule has 15 heteroatoms. The molecule has 2 saturated heterocycles. The van der Waals surface area contributed by atoms with Gasteiger partial charge < -0.3 is 19.7 Å². The number of alkyl halides is 6. The standard InChI is InChI=1S/C19H23N3O2.2C2HF3O2/c1-2-9-21-16(5-1)13-22-10-4-7-19(15-22)11-18(14-23-19)24-17-6-3-8-20-12-17;2*3-2(4,5)1(6)7/h1-3,5-6,8-9,12,18H,4,7,10-11,13-15H2;2*(H,6,7). The van der Waals surface area contributed by atoms with Crippen molar-refractivity contribution in [3.8, 4) is 5.75 Å². The average molecular weight is 553 g/mol. The summed E-state index contributed by atoms with van der Waals surface area (Å²) in [5, 5.41) is 14.2. The Morgan fingerprint density at radius 3 is 2.24 bits per heavy atom. The van der Waals surface area contributed by atoms with Gasteiger partial charge in [0.1, 0.15) is 11.9 Å². The lowest BCUT2D eigenvalue weighted by molar-refractivity contribution is -0.193. The van der Waals surface area contributed by atoms with Crippen molar-refractivity contribution in [2.45, 2.75) is 49.9 Å². The fourth-order valence-corrected chi connectivity index (χ4v) is 3.82. The minimum atomic E-state index is -5.08. The molecule has 2 aromatic heterocycles. The van der Waals surface area contributed by atoms with Crippen LogP contribution in [0.2, 0.25) is 0 Å². The van der Waals surface area contributed by atoms with E-state index < -0.39 is 24.3 Å². The lowest BCUT2D eigenvalue weighted by Gasteiger charge is -2.39. The van der Waals surface area contributed by atoms with Crippen LogP contribution in [0.15, 0.2) is 48.9 Å². The van der Waals surface area contributed by atoms with Crippen LogP contribution in [0.25, 0.3) is 0 Å². The predicted molar refractivity (Wildman–Crippen MR) is 118 cm³/mol. The molecular formula is C23H25F6N3O6. The minimum Gasteiger partial charge on any atom is -0.486 e. The summed E-state index contributed by atoms with van der Waals surface area (Å²) >= 11 is 0. The Kier molecular flexibility index (Phi) is 10.8. The van der Waals surface area contributed by atoms with Crippen LogP contribution in [0.1, 0.15) is 25.0 Å². The molecule has 4 rings (SSSR count). The highest BCUT2D eigenvalue weighted by molar-refractivity contribution is 5.73. The third kappa shape index (κ3) is 10.5. The van der Waals surface area contributed by atoms with E-state index in [9.17, 15) is 26.3 Å². The summed E-state index contributed by atoms with van der Waals surface area (Å²) in [6.07, 6.45) is -1.45. The van der Waals surface area contributed by atoms with Crippen LogP contribution in [0.3, 0.4) is 0 Å². The minimum absolute atomic E-state index is 0.0695. The molecule has 2 aliphatic heterocycles. The maximum absolute atomic E-state index is 10.6. The van der Waals surface area contributed by atoms with Crippen molar-refractivity contribution in [2.24, 2.45) is 0 Å². The first-order chi connectivity index (χ1) is 17.7. The largest absolute Gasteiger partial charge is 0.490 e. The second-order valence-corrected chi connectivity index (χ2v) is 8.37. The van der Waals surface area contributed by atoms with Crippen molar-refractivity contribution in [1.29, 1.82) is 0 Å². The molecule has 4 heterocycles. The van der Waals surface area contributed by atoms with Crippen LogP contribution in [-0.4, -0.2) is 80.8 Å². The van der Waals surface area contributed by atoms with E-state index in [-0.39, 0.29) is 11.7 Å². The maximum atomic E-state index is 10.6. The van der Waals surface area contributed by atoms with Crippen LogP contribution in [0, 0.1) is 0 Å². The quantitative estimate of drug-likeness (QED) is 0.542. The van der Waals surface area contributed by atoms with Gasteiger partial charge in [-0.15, -0.1) is 0 Å². The Morgan fingerprint density at radius 2 is 1.71 bits per heavy atom. The number of nitrogens with zero attached hydrogens (tertiary/aromatic N) is 3. The number of piperidine rings is 1. The first kappa shape index (κ1) is 30.8. The number of carbonyl (C=O) groups is 2. The highest BCUT2D eigenvalue weighted by atomic mass is 19.4. The van der Waals surface area contributed by atoms with Gasteiger partial charge in [-0.25, -0.2) is 9.59 Å². The first-order valence-corrected chi connectivity index (χ1v) is 11.1. The van der Waals surface area contributed by atoms with Crippen molar-refractivity contribution in [2.75, 3.05) is 19.7 Å². The number of halogens is 6. The van der Waals surface area contributed by atoms with E-state index in [0.717, 1.165) is 50.3 Å². The van der Waals surface area contributed by atoms with Crippen molar-refractivity contribution in [3.05, 3.63) is 54.6 Å². The number of ether oxygens (including phenoxy) is 2. The van der Waals surface area contributed by atoms with Crippen LogP contribution in [-0.2, 0) is 20.9 Å². The monoisotopic (exact) mass is 553 g/mol. The zero-order valence-electron chi connectivity index (χ0n) is 19.8. The van der Waals surface area contributed by atoms with Gasteiger partial charge in [-0.05, 0) is 43.7 Å². The second-order valence-electron chi connectivity index (χ2n) is 8.37. The lowest BCUT2D eigenvalue weighted by Crippen LogP contribution is -2.47. The van der Waals surface area contributed by atoms with Gasteiger partial charge in [0, 0.05) is 31.9 Å². The van der Waals surface area contributed by atoms with Gasteiger partial charge in [0.25, 0.3) is 0 Å². The summed E-state index contributed by atoms with van der Waals surface area (Å²) in [6, 6.07) is 9.95. The molecule has 0 radical (unpaired) electrons. The van der Waals surface area contributed by atoms with Gasteiger partial charge in [-0.3, -0.25) is 14.9 Å². The van der Waals surface area contributed by atoms with Crippen LogP contribution < -0.4 is 4.74 Å². The van der Waals surface area contributed by atoms with Crippen LogP contribution in [0.4, 0.5) is 26.3 Å². The van der Waals surface area contributed by atoms with Crippen LogP contribution in [0.5, 0.6) is 5.75 Å². The Balaban J connectivity index is 0.000000301. The molecule has 1 spiro atoms. The SMILES string of the molecule is O=C(O)C(F)(F)F.O=C(O)C(F)(F)F.c1ccc(CN2CCCC3(CC(Oc4cccnc4)CO3)C2)nc1. The second kappa shape index (κ2) is 13.4. The maximum Gasteiger partial charge on any atom is 0.490 e. The third-order valence-corrected chi connectivity index (χ3v) is 5.33. The van der Waals surface area contributed by atoms with Gasteiger partial charge in [-0.1, -0.05) is 6.07 Å². The van der Waals surface area contributed by atoms with Crippen LogP contribution >= 0.6 is 0 Å². The molecule has 2 atom stereocenters. The van der Waals surface area contributed by atoms with E-state index in [1.54, 1.807) is 12.4 Å². The third-order valence-electron chi connectivity index (χ3n) is 5.33. The average Bonchev–Trinajstić information content (AvgIpc) is 3.21. The summed E-state index contributed by atoms with van der Waals surface area (Å²) in [4.78, 5) is 28.8. The molecule has 9 nitrogen and oxygen atoms in total. The van der Waals surface area contributed by atoms with Gasteiger partial charge >= 0.3 is 24.3 Å². The van der Waals surface area contributed by atoms with Crippen molar-refractivity contribution < 1.29 is 55.6 Å². The van der Waals surface area contributed by atoms with Gasteiger partial charge in [-0.2, -0.15) is 26.3 Å². The van der Waals surface area contributed by atoms with Crippen molar-refractivity contribution >= 4 is 11.9 Å². The molecular weight excluding hydrogens is 528 g/mol. The molecule has 0 aliphatic carbocycles. The van der Waals surface area contributed by atoms with Crippen molar-refractivity contribution in [3.63, 3.8) is 0 Å². The van der Waals surface area contributed by atoms with E-state index in [1.807, 2.05) is 30.5 Å². The fourth-order valence-electron chi connectivity index (χ4n) is 3.82. The first-order valence-electron chi connectivity index (χ1n) is 11.1. The number of aromatic nitrogens is 2. The van der Waals surface area contributed by atoms with Crippen molar-refractivity contribution in [1.82, 2.24) is 14.9 Å². The molecule has 2 N–H and O–H groups in total. The zero-order valence-corrected chi connectivity index (χ0v) is 19.8. The van der Waals surface area contributed by atoms with Gasteiger partial charge in [0.15, 0.2) is 0 Å². The number of hydrogen-bond acceptors (Lipinski definition) is 7. The predicted octanol–water partition coefficient (Wildman–Crippen LogP) is 3.95. The molecule has 0 saturated carbocycles. The Bertz CT molecular complexity index is 1000. The number of rotatable bonds is 4. The number of hydrogen-bond donors (Lipinski definition) is 2. The van der Waals surface area contributed by atoms with E-state index in [0.29, 0.717) is 6.61 Å². The lowest BCUT2D eigenvalue weighted by atomic mass is 9.89. The highest BCUT2D eigenvalue weighted by Crippen LogP contribution is 2.36. The molecule has 0 bridgehead atoms. The molecule has 2 aromatic rings. The Morgan fingerprint density at radius 1 is 1.05 bits per heavy atom. The fraction of sp³-hybridized carbons (Fsp3) is 0.478. The molecule has 2 unspecified atom stereocenters. The molecule has 2 fully saturated rings. The topological polar surface area (TPSA) is 122 Å². The number of likely N-dealkylation sites (tertiary alicyclic amines) is 1. The molecule has 38 heavy (non-hydrogen) atoms. The molecule has 0 amide bonds. The smallest absolute Gasteiger partial charge is 0.486 e. The number of carboxylic acid groups (broad SMARTS) is 2. The molecule has 0 aromatic carbocycles. The number of aliphatic carboxylic acids is 2. The molecule has 210 valence electrons. The van der Waals surface area contributed by atoms with E-state index in [4.69, 9.17) is 29.3 Å². The van der Waals surface area contributed by atoms with E-state index >= 15 is 0 Å². The summed E-state index contributed by atoms with van der Waals surface area (Å²) in [6.45, 7) is 3.61. The van der Waals surface area contributed by atoms with Gasteiger partial charge in [0.2, 0.25) is 0 Å². The highest BCUT2D eigenvalue weighted by Gasteiger charge is 2.44. The number of pyridine rings is 2. The zero-order chi connectivity index (χ0) is 28.4. The summed E-state index contributed by atoms with van der Waals surface area (Å²) in [5.41, 5.74) is 1.05.